The molecule has 0 bridgehead atoms. The zero-order valence-corrected chi connectivity index (χ0v) is 18.5. The average Bonchev–Trinajstić information content (AvgIpc) is 2.58. The Bertz CT molecular complexity index is 772. The lowest BCUT2D eigenvalue weighted by molar-refractivity contribution is -0.161. The first-order valence-corrected chi connectivity index (χ1v) is 10.4. The predicted molar refractivity (Wildman–Crippen MR) is 113 cm³/mol. The molecule has 7 heteroatoms. The Morgan fingerprint density at radius 3 is 2.38 bits per heavy atom. The summed E-state index contributed by atoms with van der Waals surface area (Å²) in [7, 11) is 0. The van der Waals surface area contributed by atoms with Crippen LogP contribution in [0.4, 0.5) is 0 Å². The van der Waals surface area contributed by atoms with Crippen LogP contribution in [-0.4, -0.2) is 39.4 Å². The Morgan fingerprint density at radius 1 is 1.31 bits per heavy atom. The second-order valence-electron chi connectivity index (χ2n) is 9.11. The maximum atomic E-state index is 13.6. The normalized spacial score (nSPS) is 23.6. The number of likely N-dealkylation sites (tertiary alicyclic amines) is 1. The van der Waals surface area contributed by atoms with Crippen molar-refractivity contribution in [2.24, 2.45) is 5.41 Å². The summed E-state index contributed by atoms with van der Waals surface area (Å²) in [5, 5.41) is 12.9. The molecular weight excluding hydrogens is 392 g/mol. The fourth-order valence-electron chi connectivity index (χ4n) is 3.98. The zero-order valence-electron chi connectivity index (χ0n) is 17.8. The van der Waals surface area contributed by atoms with Crippen LogP contribution < -0.4 is 5.32 Å². The summed E-state index contributed by atoms with van der Waals surface area (Å²) in [6.45, 7) is 9.22. The molecule has 0 aliphatic carbocycles. The number of halogens is 1. The molecule has 1 aromatic carbocycles. The number of amides is 2. The van der Waals surface area contributed by atoms with E-state index in [9.17, 15) is 19.5 Å². The van der Waals surface area contributed by atoms with Gasteiger partial charge in [0.2, 0.25) is 11.8 Å². The van der Waals surface area contributed by atoms with E-state index in [0.717, 1.165) is 5.56 Å². The highest BCUT2D eigenvalue weighted by Crippen LogP contribution is 2.44. The molecule has 1 aliphatic rings. The standard InChI is InChI=1S/C22H31ClN2O4/c1-6-16(19(28)24-21(2,3)4)25-17(14-7-9-15(23)10-8-14)11-12-22(5,20(25)29)13-18(26)27/h7-10,16-17H,6,11-13H2,1-5H3,(H,24,28)(H,26,27)/t16?,17?,22-/m1/s1. The molecule has 2 unspecified atom stereocenters. The third kappa shape index (κ3) is 5.50. The van der Waals surface area contributed by atoms with Crippen molar-refractivity contribution in [3.8, 4) is 0 Å². The lowest BCUT2D eigenvalue weighted by Crippen LogP contribution is -2.59. The van der Waals surface area contributed by atoms with Gasteiger partial charge < -0.3 is 15.3 Å². The fraction of sp³-hybridized carbons (Fsp3) is 0.591. The number of piperidine rings is 1. The summed E-state index contributed by atoms with van der Waals surface area (Å²) < 4.78 is 0. The number of rotatable bonds is 6. The minimum absolute atomic E-state index is 0.230. The molecule has 0 spiro atoms. The molecular formula is C22H31ClN2O4. The van der Waals surface area contributed by atoms with Crippen molar-refractivity contribution in [3.63, 3.8) is 0 Å². The number of benzene rings is 1. The first kappa shape index (κ1) is 23.2. The van der Waals surface area contributed by atoms with E-state index >= 15 is 0 Å². The van der Waals surface area contributed by atoms with E-state index in [2.05, 4.69) is 5.32 Å². The summed E-state index contributed by atoms with van der Waals surface area (Å²) in [4.78, 5) is 39.6. The van der Waals surface area contributed by atoms with E-state index in [4.69, 9.17) is 11.6 Å². The molecule has 1 aliphatic heterocycles. The number of carboxylic acids is 1. The summed E-state index contributed by atoms with van der Waals surface area (Å²) in [6.07, 6.45) is 1.20. The van der Waals surface area contributed by atoms with Gasteiger partial charge in [-0.15, -0.1) is 0 Å². The third-order valence-corrected chi connectivity index (χ3v) is 5.63. The molecule has 1 aromatic rings. The highest BCUT2D eigenvalue weighted by molar-refractivity contribution is 6.30. The highest BCUT2D eigenvalue weighted by atomic mass is 35.5. The molecule has 29 heavy (non-hydrogen) atoms. The fourth-order valence-corrected chi connectivity index (χ4v) is 4.11. The smallest absolute Gasteiger partial charge is 0.304 e. The summed E-state index contributed by atoms with van der Waals surface area (Å²) in [5.74, 6) is -1.54. The summed E-state index contributed by atoms with van der Waals surface area (Å²) in [6, 6.07) is 6.26. The Kier molecular flexibility index (Phi) is 6.99. The van der Waals surface area contributed by atoms with E-state index in [-0.39, 0.29) is 24.3 Å². The van der Waals surface area contributed by atoms with Crippen LogP contribution in [0.2, 0.25) is 5.02 Å². The van der Waals surface area contributed by atoms with Gasteiger partial charge in [-0.25, -0.2) is 0 Å². The van der Waals surface area contributed by atoms with Crippen LogP contribution in [0.3, 0.4) is 0 Å². The van der Waals surface area contributed by atoms with E-state index in [1.807, 2.05) is 39.8 Å². The largest absolute Gasteiger partial charge is 0.481 e. The predicted octanol–water partition coefficient (Wildman–Crippen LogP) is 4.18. The van der Waals surface area contributed by atoms with E-state index < -0.39 is 23.0 Å². The van der Waals surface area contributed by atoms with E-state index in [1.165, 1.54) is 0 Å². The maximum absolute atomic E-state index is 13.6. The van der Waals surface area contributed by atoms with Gasteiger partial charge >= 0.3 is 5.97 Å². The van der Waals surface area contributed by atoms with Crippen molar-refractivity contribution >= 4 is 29.4 Å². The van der Waals surface area contributed by atoms with Gasteiger partial charge in [0.05, 0.1) is 17.9 Å². The van der Waals surface area contributed by atoms with Crippen LogP contribution in [0.25, 0.3) is 0 Å². The number of nitrogens with one attached hydrogen (secondary N) is 1. The summed E-state index contributed by atoms with van der Waals surface area (Å²) in [5.41, 5.74) is -0.588. The SMILES string of the molecule is CCC(C(=O)NC(C)(C)C)N1C(=O)[C@@](C)(CC(=O)O)CCC1c1ccc(Cl)cc1. The first-order chi connectivity index (χ1) is 13.4. The number of aliphatic carboxylic acids is 1. The Labute approximate surface area is 177 Å². The monoisotopic (exact) mass is 422 g/mol. The molecule has 1 saturated heterocycles. The van der Waals surface area contributed by atoms with Crippen molar-refractivity contribution in [1.82, 2.24) is 10.2 Å². The molecule has 0 aromatic heterocycles. The minimum Gasteiger partial charge on any atom is -0.481 e. The molecule has 2 N–H and O–H groups in total. The van der Waals surface area contributed by atoms with Gasteiger partial charge in [0.15, 0.2) is 0 Å². The quantitative estimate of drug-likeness (QED) is 0.720. The lowest BCUT2D eigenvalue weighted by atomic mass is 9.74. The van der Waals surface area contributed by atoms with Crippen molar-refractivity contribution in [2.45, 2.75) is 77.9 Å². The molecule has 1 heterocycles. The van der Waals surface area contributed by atoms with Gasteiger partial charge in [0.1, 0.15) is 6.04 Å². The molecule has 2 amide bonds. The molecule has 160 valence electrons. The van der Waals surface area contributed by atoms with Crippen molar-refractivity contribution in [1.29, 1.82) is 0 Å². The molecule has 0 radical (unpaired) electrons. The van der Waals surface area contributed by atoms with E-state index in [1.54, 1.807) is 24.0 Å². The molecule has 2 rings (SSSR count). The second-order valence-corrected chi connectivity index (χ2v) is 9.55. The third-order valence-electron chi connectivity index (χ3n) is 5.38. The van der Waals surface area contributed by atoms with Crippen LogP contribution in [0.1, 0.15) is 71.9 Å². The number of carbonyl (C=O) groups is 3. The highest BCUT2D eigenvalue weighted by Gasteiger charge is 2.49. The topological polar surface area (TPSA) is 86.7 Å². The maximum Gasteiger partial charge on any atom is 0.304 e. The van der Waals surface area contributed by atoms with Crippen LogP contribution in [-0.2, 0) is 14.4 Å². The van der Waals surface area contributed by atoms with Gasteiger partial charge in [-0.05, 0) is 57.7 Å². The van der Waals surface area contributed by atoms with Gasteiger partial charge in [0.25, 0.3) is 0 Å². The van der Waals surface area contributed by atoms with Gasteiger partial charge in [0, 0.05) is 10.6 Å². The van der Waals surface area contributed by atoms with Crippen LogP contribution in [0, 0.1) is 5.41 Å². The molecule has 3 atom stereocenters. The number of carboxylic acid groups (broad SMARTS) is 1. The molecule has 6 nitrogen and oxygen atoms in total. The van der Waals surface area contributed by atoms with Crippen molar-refractivity contribution in [2.75, 3.05) is 0 Å². The number of hydrogen-bond acceptors (Lipinski definition) is 3. The van der Waals surface area contributed by atoms with E-state index in [0.29, 0.717) is 24.3 Å². The van der Waals surface area contributed by atoms with Gasteiger partial charge in [-0.2, -0.15) is 0 Å². The Hall–Kier alpha value is -2.08. The van der Waals surface area contributed by atoms with Crippen molar-refractivity contribution in [3.05, 3.63) is 34.9 Å². The number of hydrogen-bond donors (Lipinski definition) is 2. The molecule has 0 saturated carbocycles. The van der Waals surface area contributed by atoms with Gasteiger partial charge in [-0.1, -0.05) is 37.6 Å². The average molecular weight is 423 g/mol. The second kappa shape index (κ2) is 8.74. The molecule has 1 fully saturated rings. The first-order valence-electron chi connectivity index (χ1n) is 10.00. The van der Waals surface area contributed by atoms with Crippen LogP contribution >= 0.6 is 11.6 Å². The van der Waals surface area contributed by atoms with Crippen molar-refractivity contribution < 1.29 is 19.5 Å². The minimum atomic E-state index is -1.04. The lowest BCUT2D eigenvalue weighted by Gasteiger charge is -2.47. The van der Waals surface area contributed by atoms with Crippen LogP contribution in [0.5, 0.6) is 0 Å². The Balaban J connectivity index is 2.48. The van der Waals surface area contributed by atoms with Gasteiger partial charge in [-0.3, -0.25) is 14.4 Å². The zero-order chi connectivity index (χ0) is 22.0. The summed E-state index contributed by atoms with van der Waals surface area (Å²) >= 11 is 6.02. The number of nitrogens with zero attached hydrogens (tertiary/aromatic N) is 1. The number of carbonyl (C=O) groups excluding carboxylic acids is 2. The van der Waals surface area contributed by atoms with Crippen LogP contribution in [0.15, 0.2) is 24.3 Å². The Morgan fingerprint density at radius 2 is 1.90 bits per heavy atom.